The summed E-state index contributed by atoms with van der Waals surface area (Å²) in [5, 5.41) is 14.3. The highest BCUT2D eigenvalue weighted by Crippen LogP contribution is 2.44. The summed E-state index contributed by atoms with van der Waals surface area (Å²) < 4.78 is 10.6. The normalized spacial score (nSPS) is 16.6. The second-order valence-electron chi connectivity index (χ2n) is 9.04. The Balaban J connectivity index is 2.60. The van der Waals surface area contributed by atoms with Crippen LogP contribution in [0.5, 0.6) is 0 Å². The summed E-state index contributed by atoms with van der Waals surface area (Å²) in [6.45, 7) is 8.10. The molecule has 0 saturated heterocycles. The van der Waals surface area contributed by atoms with Gasteiger partial charge in [-0.1, -0.05) is 37.6 Å². The molecule has 0 aromatic heterocycles. The molecular formula is C23H30ClN3O6. The van der Waals surface area contributed by atoms with E-state index in [1.807, 2.05) is 32.8 Å². The van der Waals surface area contributed by atoms with E-state index in [4.69, 9.17) is 21.1 Å². The zero-order chi connectivity index (χ0) is 25.1. The van der Waals surface area contributed by atoms with Crippen molar-refractivity contribution in [3.05, 3.63) is 61.4 Å². The number of benzene rings is 1. The molecule has 1 aromatic rings. The SMILES string of the molecule is COC(=O)C1=C(C)NC(C)=C(C(=O)OCC(C)(C)CN(C)C)C1c1cccc([N+](=O)[O-])c1Cl. The minimum atomic E-state index is -1.00. The van der Waals surface area contributed by atoms with E-state index in [9.17, 15) is 19.7 Å². The van der Waals surface area contributed by atoms with Crippen molar-refractivity contribution in [3.63, 3.8) is 0 Å². The van der Waals surface area contributed by atoms with Gasteiger partial charge in [-0.25, -0.2) is 9.59 Å². The number of hydrogen-bond donors (Lipinski definition) is 1. The number of nitro benzene ring substituents is 1. The Hall–Kier alpha value is -2.91. The van der Waals surface area contributed by atoms with Gasteiger partial charge >= 0.3 is 11.9 Å². The van der Waals surface area contributed by atoms with E-state index in [-0.39, 0.29) is 39.4 Å². The van der Waals surface area contributed by atoms with Crippen molar-refractivity contribution in [2.45, 2.75) is 33.6 Å². The first kappa shape index (κ1) is 26.3. The molecule has 0 saturated carbocycles. The third-order valence-corrected chi connectivity index (χ3v) is 5.65. The number of halogens is 1. The maximum absolute atomic E-state index is 13.3. The number of allylic oxidation sites excluding steroid dienone is 2. The van der Waals surface area contributed by atoms with Crippen LogP contribution in [-0.2, 0) is 19.1 Å². The van der Waals surface area contributed by atoms with Crippen LogP contribution < -0.4 is 5.32 Å². The molecular weight excluding hydrogens is 450 g/mol. The van der Waals surface area contributed by atoms with Crippen molar-refractivity contribution in [1.82, 2.24) is 10.2 Å². The predicted molar refractivity (Wildman–Crippen MR) is 125 cm³/mol. The van der Waals surface area contributed by atoms with Crippen molar-refractivity contribution in [2.75, 3.05) is 34.4 Å². The fraction of sp³-hybridized carbons (Fsp3) is 0.478. The van der Waals surface area contributed by atoms with Crippen LogP contribution in [0, 0.1) is 15.5 Å². The first-order valence-corrected chi connectivity index (χ1v) is 10.7. The molecule has 2 rings (SSSR count). The van der Waals surface area contributed by atoms with Gasteiger partial charge in [0.25, 0.3) is 5.69 Å². The molecule has 180 valence electrons. The minimum absolute atomic E-state index is 0.130. The van der Waals surface area contributed by atoms with Gasteiger partial charge in [0.1, 0.15) is 5.02 Å². The molecule has 1 aliphatic rings. The third-order valence-electron chi connectivity index (χ3n) is 5.24. The smallest absolute Gasteiger partial charge is 0.336 e. The van der Waals surface area contributed by atoms with Crippen LogP contribution in [0.3, 0.4) is 0 Å². The predicted octanol–water partition coefficient (Wildman–Crippen LogP) is 3.79. The number of esters is 2. The Morgan fingerprint density at radius 1 is 1.18 bits per heavy atom. The maximum Gasteiger partial charge on any atom is 0.336 e. The summed E-state index contributed by atoms with van der Waals surface area (Å²) in [5.74, 6) is -2.33. The molecule has 1 heterocycles. The molecule has 9 nitrogen and oxygen atoms in total. The highest BCUT2D eigenvalue weighted by Gasteiger charge is 2.40. The maximum atomic E-state index is 13.3. The number of nitrogens with zero attached hydrogens (tertiary/aromatic N) is 2. The first-order valence-electron chi connectivity index (χ1n) is 10.3. The van der Waals surface area contributed by atoms with Gasteiger partial charge in [0.2, 0.25) is 0 Å². The fourth-order valence-electron chi connectivity index (χ4n) is 4.10. The summed E-state index contributed by atoms with van der Waals surface area (Å²) in [4.78, 5) is 38.9. The van der Waals surface area contributed by atoms with Crippen LogP contribution in [0.2, 0.25) is 5.02 Å². The van der Waals surface area contributed by atoms with E-state index in [2.05, 4.69) is 5.32 Å². The highest BCUT2D eigenvalue weighted by molar-refractivity contribution is 6.33. The molecule has 0 fully saturated rings. The van der Waals surface area contributed by atoms with Crippen LogP contribution in [0.1, 0.15) is 39.2 Å². The molecule has 0 bridgehead atoms. The number of ether oxygens (including phenoxy) is 2. The Labute approximate surface area is 198 Å². The van der Waals surface area contributed by atoms with E-state index >= 15 is 0 Å². The summed E-state index contributed by atoms with van der Waals surface area (Å²) in [7, 11) is 5.08. The molecule has 0 aliphatic carbocycles. The van der Waals surface area contributed by atoms with Crippen LogP contribution in [0.25, 0.3) is 0 Å². The van der Waals surface area contributed by atoms with Crippen molar-refractivity contribution < 1.29 is 24.0 Å². The van der Waals surface area contributed by atoms with E-state index in [1.54, 1.807) is 19.9 Å². The second-order valence-corrected chi connectivity index (χ2v) is 9.42. The van der Waals surface area contributed by atoms with Gasteiger partial charge in [0.05, 0.1) is 35.7 Å². The van der Waals surface area contributed by atoms with Crippen LogP contribution in [0.4, 0.5) is 5.69 Å². The van der Waals surface area contributed by atoms with E-state index < -0.39 is 22.8 Å². The lowest BCUT2D eigenvalue weighted by Gasteiger charge is -2.32. The molecule has 1 N–H and O–H groups in total. The number of hydrogen-bond acceptors (Lipinski definition) is 8. The van der Waals surface area contributed by atoms with Crippen molar-refractivity contribution >= 4 is 29.2 Å². The van der Waals surface area contributed by atoms with Gasteiger partial charge in [0.15, 0.2) is 0 Å². The molecule has 0 spiro atoms. The van der Waals surface area contributed by atoms with E-state index in [1.165, 1.54) is 19.2 Å². The zero-order valence-corrected chi connectivity index (χ0v) is 20.7. The van der Waals surface area contributed by atoms with Gasteiger partial charge < -0.3 is 19.7 Å². The Morgan fingerprint density at radius 3 is 2.27 bits per heavy atom. The molecule has 0 amide bonds. The quantitative estimate of drug-likeness (QED) is 0.340. The van der Waals surface area contributed by atoms with Gasteiger partial charge in [-0.2, -0.15) is 0 Å². The average Bonchev–Trinajstić information content (AvgIpc) is 2.70. The molecule has 0 radical (unpaired) electrons. The van der Waals surface area contributed by atoms with Crippen LogP contribution >= 0.6 is 11.6 Å². The molecule has 1 unspecified atom stereocenters. The standard InChI is InChI=1S/C23H30ClN3O6/c1-13-17(21(28)32-7)19(15-9-8-10-16(20(15)24)27(30)31)18(14(2)25-13)22(29)33-12-23(3,4)11-26(5)6/h8-10,19,25H,11-12H2,1-7H3. The number of rotatable bonds is 8. The Kier molecular flexibility index (Phi) is 8.26. The summed E-state index contributed by atoms with van der Waals surface area (Å²) in [6, 6.07) is 4.28. The summed E-state index contributed by atoms with van der Waals surface area (Å²) in [5.41, 5.74) is 0.775. The van der Waals surface area contributed by atoms with Gasteiger partial charge in [-0.15, -0.1) is 0 Å². The van der Waals surface area contributed by atoms with Crippen molar-refractivity contribution in [1.29, 1.82) is 0 Å². The molecule has 1 aromatic carbocycles. The zero-order valence-electron chi connectivity index (χ0n) is 19.9. The molecule has 33 heavy (non-hydrogen) atoms. The van der Waals surface area contributed by atoms with Crippen molar-refractivity contribution in [2.24, 2.45) is 5.41 Å². The number of nitro groups is 1. The largest absolute Gasteiger partial charge is 0.466 e. The molecule has 10 heteroatoms. The number of carbonyl (C=O) groups excluding carboxylic acids is 2. The Bertz CT molecular complexity index is 1030. The lowest BCUT2D eigenvalue weighted by Crippen LogP contribution is -2.36. The van der Waals surface area contributed by atoms with Gasteiger partial charge in [-0.05, 0) is 33.5 Å². The summed E-state index contributed by atoms with van der Waals surface area (Å²) in [6.07, 6.45) is 0. The van der Waals surface area contributed by atoms with Gasteiger partial charge in [-0.3, -0.25) is 10.1 Å². The molecule has 1 atom stereocenters. The number of methoxy groups -OCH3 is 1. The van der Waals surface area contributed by atoms with Gasteiger partial charge in [0, 0.05) is 29.4 Å². The minimum Gasteiger partial charge on any atom is -0.466 e. The van der Waals surface area contributed by atoms with Crippen molar-refractivity contribution in [3.8, 4) is 0 Å². The lowest BCUT2D eigenvalue weighted by atomic mass is 9.80. The number of carbonyl (C=O) groups is 2. The fourth-order valence-corrected chi connectivity index (χ4v) is 4.40. The van der Waals surface area contributed by atoms with Crippen LogP contribution in [-0.4, -0.2) is 56.1 Å². The number of nitrogens with one attached hydrogen (secondary N) is 1. The molecule has 1 aliphatic heterocycles. The highest BCUT2D eigenvalue weighted by atomic mass is 35.5. The third kappa shape index (κ3) is 5.91. The summed E-state index contributed by atoms with van der Waals surface area (Å²) >= 11 is 6.41. The average molecular weight is 480 g/mol. The van der Waals surface area contributed by atoms with E-state index in [0.717, 1.165) is 0 Å². The second kappa shape index (κ2) is 10.4. The number of dihydropyridines is 1. The topological polar surface area (TPSA) is 111 Å². The van der Waals surface area contributed by atoms with E-state index in [0.29, 0.717) is 17.9 Å². The monoisotopic (exact) mass is 479 g/mol. The first-order chi connectivity index (χ1) is 15.3. The Morgan fingerprint density at radius 2 is 1.76 bits per heavy atom. The lowest BCUT2D eigenvalue weighted by molar-refractivity contribution is -0.384. The van der Waals surface area contributed by atoms with Crippen LogP contribution in [0.15, 0.2) is 40.7 Å².